The lowest BCUT2D eigenvalue weighted by atomic mass is 9.99. The number of carbonyl (C=O) groups is 3. The Balaban J connectivity index is 2.78. The van der Waals surface area contributed by atoms with Gasteiger partial charge in [0.25, 0.3) is 0 Å². The highest BCUT2D eigenvalue weighted by Gasteiger charge is 2.28. The Morgan fingerprint density at radius 3 is 1.89 bits per heavy atom. The summed E-state index contributed by atoms with van der Waals surface area (Å²) in [5.41, 5.74) is 6.93. The molecule has 3 unspecified atom stereocenters. The molecule has 0 aromatic heterocycles. The zero-order chi connectivity index (χ0) is 21.3. The van der Waals surface area contributed by atoms with Crippen LogP contribution < -0.4 is 16.4 Å². The van der Waals surface area contributed by atoms with E-state index in [-0.39, 0.29) is 11.8 Å². The predicted octanol–water partition coefficient (Wildman–Crippen LogP) is 1.70. The molecule has 0 spiro atoms. The summed E-state index contributed by atoms with van der Waals surface area (Å²) in [5.74, 6) is -1.77. The molecule has 1 aromatic carbocycles. The van der Waals surface area contributed by atoms with Crippen LogP contribution in [0.5, 0.6) is 0 Å². The van der Waals surface area contributed by atoms with Gasteiger partial charge in [-0.3, -0.25) is 9.59 Å². The van der Waals surface area contributed by atoms with Crippen molar-refractivity contribution in [1.82, 2.24) is 10.6 Å². The van der Waals surface area contributed by atoms with Gasteiger partial charge in [-0.05, 0) is 36.7 Å². The third-order valence-corrected chi connectivity index (χ3v) is 4.30. The smallest absolute Gasteiger partial charge is 0.326 e. The number of carboxylic acids is 1. The minimum Gasteiger partial charge on any atom is -0.480 e. The molecule has 0 bridgehead atoms. The Labute approximate surface area is 167 Å². The summed E-state index contributed by atoms with van der Waals surface area (Å²) in [6.07, 6.45) is 1.06. The third kappa shape index (κ3) is 8.52. The second-order valence-electron chi connectivity index (χ2n) is 8.02. The van der Waals surface area contributed by atoms with Crippen LogP contribution in [0.25, 0.3) is 0 Å². The van der Waals surface area contributed by atoms with Gasteiger partial charge in [-0.1, -0.05) is 58.0 Å². The number of rotatable bonds is 11. The van der Waals surface area contributed by atoms with Crippen LogP contribution >= 0.6 is 0 Å². The summed E-state index contributed by atoms with van der Waals surface area (Å²) in [5, 5.41) is 14.6. The first-order valence-corrected chi connectivity index (χ1v) is 9.73. The number of hydrogen-bond donors (Lipinski definition) is 4. The zero-order valence-electron chi connectivity index (χ0n) is 17.1. The average Bonchev–Trinajstić information content (AvgIpc) is 2.60. The third-order valence-electron chi connectivity index (χ3n) is 4.30. The maximum Gasteiger partial charge on any atom is 0.326 e. The molecule has 7 nitrogen and oxygen atoms in total. The van der Waals surface area contributed by atoms with E-state index in [0.29, 0.717) is 19.3 Å². The van der Waals surface area contributed by atoms with Crippen LogP contribution in [0, 0.1) is 11.8 Å². The number of benzene rings is 1. The molecule has 0 aliphatic heterocycles. The molecule has 5 N–H and O–H groups in total. The minimum absolute atomic E-state index is 0.110. The maximum absolute atomic E-state index is 12.7. The van der Waals surface area contributed by atoms with Gasteiger partial charge in [0.15, 0.2) is 0 Å². The lowest BCUT2D eigenvalue weighted by Crippen LogP contribution is -2.55. The van der Waals surface area contributed by atoms with Crippen LogP contribution in [0.15, 0.2) is 30.3 Å². The van der Waals surface area contributed by atoms with E-state index in [2.05, 4.69) is 10.6 Å². The summed E-state index contributed by atoms with van der Waals surface area (Å²) in [4.78, 5) is 36.6. The first kappa shape index (κ1) is 23.6. The van der Waals surface area contributed by atoms with E-state index in [1.165, 1.54) is 0 Å². The van der Waals surface area contributed by atoms with E-state index in [9.17, 15) is 19.5 Å². The number of nitrogens with one attached hydrogen (secondary N) is 2. The molecule has 0 saturated carbocycles. The monoisotopic (exact) mass is 391 g/mol. The SMILES string of the molecule is CC(C)CC(NC(=O)C(CC(C)C)NC(=O)C(N)Cc1ccccc1)C(=O)O. The number of nitrogens with two attached hydrogens (primary N) is 1. The van der Waals surface area contributed by atoms with Gasteiger partial charge in [0, 0.05) is 0 Å². The second-order valence-corrected chi connectivity index (χ2v) is 8.02. The highest BCUT2D eigenvalue weighted by atomic mass is 16.4. The van der Waals surface area contributed by atoms with Gasteiger partial charge in [0.05, 0.1) is 6.04 Å². The van der Waals surface area contributed by atoms with Gasteiger partial charge in [0.2, 0.25) is 11.8 Å². The summed E-state index contributed by atoms with van der Waals surface area (Å²) in [7, 11) is 0. The molecule has 7 heteroatoms. The average molecular weight is 392 g/mol. The van der Waals surface area contributed by atoms with Crippen LogP contribution in [0.3, 0.4) is 0 Å². The van der Waals surface area contributed by atoms with Gasteiger partial charge in [-0.15, -0.1) is 0 Å². The molecule has 156 valence electrons. The van der Waals surface area contributed by atoms with Crippen molar-refractivity contribution in [3.05, 3.63) is 35.9 Å². The van der Waals surface area contributed by atoms with Crippen molar-refractivity contribution in [2.24, 2.45) is 17.6 Å². The van der Waals surface area contributed by atoms with Crippen molar-refractivity contribution in [2.75, 3.05) is 0 Å². The fraction of sp³-hybridized carbons (Fsp3) is 0.571. The Kier molecular flexibility index (Phi) is 9.65. The summed E-state index contributed by atoms with van der Waals surface area (Å²) in [6.45, 7) is 7.63. The van der Waals surface area contributed by atoms with E-state index < -0.39 is 35.9 Å². The normalized spacial score (nSPS) is 14.4. The Morgan fingerprint density at radius 2 is 1.39 bits per heavy atom. The van der Waals surface area contributed by atoms with Crippen LogP contribution in [-0.4, -0.2) is 41.0 Å². The molecular formula is C21H33N3O4. The largest absolute Gasteiger partial charge is 0.480 e. The fourth-order valence-electron chi connectivity index (χ4n) is 2.91. The lowest BCUT2D eigenvalue weighted by Gasteiger charge is -2.24. The Morgan fingerprint density at radius 1 is 0.893 bits per heavy atom. The van der Waals surface area contributed by atoms with Crippen molar-refractivity contribution < 1.29 is 19.5 Å². The second kappa shape index (κ2) is 11.4. The number of carbonyl (C=O) groups excluding carboxylic acids is 2. The molecule has 0 fully saturated rings. The van der Waals surface area contributed by atoms with Gasteiger partial charge in [-0.25, -0.2) is 4.79 Å². The first-order valence-electron chi connectivity index (χ1n) is 9.73. The van der Waals surface area contributed by atoms with Gasteiger partial charge in [-0.2, -0.15) is 0 Å². The predicted molar refractivity (Wildman–Crippen MR) is 109 cm³/mol. The quantitative estimate of drug-likeness (QED) is 0.457. The number of amides is 2. The molecule has 28 heavy (non-hydrogen) atoms. The molecule has 0 saturated heterocycles. The molecule has 0 heterocycles. The van der Waals surface area contributed by atoms with Crippen molar-refractivity contribution in [2.45, 2.75) is 65.1 Å². The highest BCUT2D eigenvalue weighted by Crippen LogP contribution is 2.09. The van der Waals surface area contributed by atoms with Gasteiger partial charge in [0.1, 0.15) is 12.1 Å². The van der Waals surface area contributed by atoms with Gasteiger partial charge < -0.3 is 21.5 Å². The van der Waals surface area contributed by atoms with E-state index in [1.807, 2.05) is 58.0 Å². The number of hydrogen-bond acceptors (Lipinski definition) is 4. The molecule has 0 radical (unpaired) electrons. The van der Waals surface area contributed by atoms with E-state index in [1.54, 1.807) is 0 Å². The van der Waals surface area contributed by atoms with Crippen LogP contribution in [0.4, 0.5) is 0 Å². The standard InChI is InChI=1S/C21H33N3O4/c1-13(2)10-17(20(26)24-18(21(27)28)11-14(3)4)23-19(25)16(22)12-15-8-6-5-7-9-15/h5-9,13-14,16-18H,10-12,22H2,1-4H3,(H,23,25)(H,24,26)(H,27,28). The molecule has 3 atom stereocenters. The van der Waals surface area contributed by atoms with Crippen molar-refractivity contribution in [3.63, 3.8) is 0 Å². The highest BCUT2D eigenvalue weighted by molar-refractivity contribution is 5.91. The van der Waals surface area contributed by atoms with Crippen LogP contribution in [-0.2, 0) is 20.8 Å². The number of aliphatic carboxylic acids is 1. The molecule has 1 rings (SSSR count). The molecule has 1 aromatic rings. The first-order chi connectivity index (χ1) is 13.1. The lowest BCUT2D eigenvalue weighted by molar-refractivity contribution is -0.142. The van der Waals surface area contributed by atoms with Crippen LogP contribution in [0.1, 0.15) is 46.1 Å². The molecule has 0 aliphatic carbocycles. The van der Waals surface area contributed by atoms with Crippen molar-refractivity contribution in [3.8, 4) is 0 Å². The molecule has 2 amide bonds. The van der Waals surface area contributed by atoms with Crippen LogP contribution in [0.2, 0.25) is 0 Å². The van der Waals surface area contributed by atoms with Gasteiger partial charge >= 0.3 is 5.97 Å². The van der Waals surface area contributed by atoms with E-state index in [0.717, 1.165) is 5.56 Å². The Bertz CT molecular complexity index is 646. The maximum atomic E-state index is 12.7. The van der Waals surface area contributed by atoms with Crippen molar-refractivity contribution in [1.29, 1.82) is 0 Å². The zero-order valence-corrected chi connectivity index (χ0v) is 17.1. The fourth-order valence-corrected chi connectivity index (χ4v) is 2.91. The minimum atomic E-state index is -1.09. The summed E-state index contributed by atoms with van der Waals surface area (Å²) in [6, 6.07) is 6.78. The Hall–Kier alpha value is -2.41. The molecular weight excluding hydrogens is 358 g/mol. The molecule has 0 aliphatic rings. The van der Waals surface area contributed by atoms with Crippen molar-refractivity contribution >= 4 is 17.8 Å². The number of carboxylic acid groups (broad SMARTS) is 1. The van der Waals surface area contributed by atoms with E-state index in [4.69, 9.17) is 5.73 Å². The summed E-state index contributed by atoms with van der Waals surface area (Å²) >= 11 is 0. The summed E-state index contributed by atoms with van der Waals surface area (Å²) < 4.78 is 0. The van der Waals surface area contributed by atoms with E-state index >= 15 is 0 Å². The topological polar surface area (TPSA) is 122 Å².